The second-order valence-corrected chi connectivity index (χ2v) is 4.80. The second-order valence-electron chi connectivity index (χ2n) is 4.80. The first-order valence-corrected chi connectivity index (χ1v) is 6.40. The molecule has 0 aliphatic heterocycles. The van der Waals surface area contributed by atoms with E-state index in [4.69, 9.17) is 0 Å². The van der Waals surface area contributed by atoms with Crippen LogP contribution in [0.15, 0.2) is 17.2 Å². The smallest absolute Gasteiger partial charge is 0.252 e. The van der Waals surface area contributed by atoms with E-state index in [9.17, 15) is 4.79 Å². The van der Waals surface area contributed by atoms with Gasteiger partial charge in [-0.3, -0.25) is 9.48 Å². The first kappa shape index (κ1) is 11.9. The van der Waals surface area contributed by atoms with Gasteiger partial charge < -0.3 is 10.3 Å². The highest BCUT2D eigenvalue weighted by Gasteiger charge is 2.26. The summed E-state index contributed by atoms with van der Waals surface area (Å²) < 4.78 is 1.67. The van der Waals surface area contributed by atoms with Gasteiger partial charge in [-0.15, -0.1) is 0 Å². The number of aryl methyl sites for hydroxylation is 1. The predicted octanol–water partition coefficient (Wildman–Crippen LogP) is 0.430. The Hall–Kier alpha value is -2.18. The molecule has 3 rings (SSSR count). The Morgan fingerprint density at radius 1 is 1.53 bits per heavy atom. The molecule has 2 heterocycles. The van der Waals surface area contributed by atoms with E-state index >= 15 is 0 Å². The lowest BCUT2D eigenvalue weighted by molar-refractivity contribution is 0.741. The third kappa shape index (κ3) is 2.98. The highest BCUT2D eigenvalue weighted by Crippen LogP contribution is 2.37. The standard InChI is InChI=1S/C12H16N6O/c1-18-7-14-9(17-18)4-5-13-10-6-11(19)16-12(15-10)8-2-3-8/h6-8H,2-5H2,1H3,(H2,13,15,16,19). The van der Waals surface area contributed by atoms with E-state index in [2.05, 4.69) is 25.4 Å². The number of H-pyrrole nitrogens is 1. The molecular weight excluding hydrogens is 244 g/mol. The van der Waals surface area contributed by atoms with Crippen molar-refractivity contribution in [1.29, 1.82) is 0 Å². The molecule has 0 aromatic carbocycles. The number of hydrogen-bond acceptors (Lipinski definition) is 5. The Kier molecular flexibility index (Phi) is 3.02. The van der Waals surface area contributed by atoms with Crippen LogP contribution >= 0.6 is 0 Å². The molecule has 1 aliphatic rings. The molecule has 0 radical (unpaired) electrons. The van der Waals surface area contributed by atoms with Gasteiger partial charge in [-0.2, -0.15) is 5.10 Å². The summed E-state index contributed by atoms with van der Waals surface area (Å²) in [6, 6.07) is 1.48. The van der Waals surface area contributed by atoms with Gasteiger partial charge in [-0.1, -0.05) is 0 Å². The molecule has 1 fully saturated rings. The van der Waals surface area contributed by atoms with Gasteiger partial charge in [0.1, 0.15) is 18.0 Å². The lowest BCUT2D eigenvalue weighted by atomic mass is 10.3. The summed E-state index contributed by atoms with van der Waals surface area (Å²) >= 11 is 0. The number of rotatable bonds is 5. The molecule has 0 unspecified atom stereocenters. The Bertz CT molecular complexity index is 627. The predicted molar refractivity (Wildman–Crippen MR) is 70.0 cm³/mol. The van der Waals surface area contributed by atoms with E-state index in [1.54, 1.807) is 11.0 Å². The van der Waals surface area contributed by atoms with E-state index in [0.717, 1.165) is 24.5 Å². The zero-order valence-corrected chi connectivity index (χ0v) is 10.8. The van der Waals surface area contributed by atoms with Crippen molar-refractivity contribution in [2.75, 3.05) is 11.9 Å². The lowest BCUT2D eigenvalue weighted by Crippen LogP contribution is -2.15. The van der Waals surface area contributed by atoms with Crippen molar-refractivity contribution in [1.82, 2.24) is 24.7 Å². The molecule has 2 aromatic heterocycles. The Labute approximate surface area is 110 Å². The van der Waals surface area contributed by atoms with Gasteiger partial charge in [0.25, 0.3) is 5.56 Å². The first-order valence-electron chi connectivity index (χ1n) is 6.40. The van der Waals surface area contributed by atoms with Crippen molar-refractivity contribution in [2.24, 2.45) is 7.05 Å². The molecule has 2 N–H and O–H groups in total. The molecule has 1 saturated carbocycles. The normalized spacial score (nSPS) is 14.6. The van der Waals surface area contributed by atoms with Crippen LogP contribution in [0.3, 0.4) is 0 Å². The van der Waals surface area contributed by atoms with Gasteiger partial charge in [0.2, 0.25) is 0 Å². The van der Waals surface area contributed by atoms with Crippen LogP contribution in [0, 0.1) is 0 Å². The minimum atomic E-state index is -0.102. The van der Waals surface area contributed by atoms with Gasteiger partial charge >= 0.3 is 0 Å². The largest absolute Gasteiger partial charge is 0.369 e. The summed E-state index contributed by atoms with van der Waals surface area (Å²) in [5, 5.41) is 7.34. The zero-order valence-electron chi connectivity index (χ0n) is 10.8. The van der Waals surface area contributed by atoms with E-state index in [1.807, 2.05) is 7.05 Å². The molecule has 19 heavy (non-hydrogen) atoms. The average Bonchev–Trinajstić information content (AvgIpc) is 3.13. The number of aromatic amines is 1. The number of nitrogens with one attached hydrogen (secondary N) is 2. The van der Waals surface area contributed by atoms with Crippen LogP contribution < -0.4 is 10.9 Å². The summed E-state index contributed by atoms with van der Waals surface area (Å²) in [7, 11) is 1.84. The number of aromatic nitrogens is 5. The molecule has 0 saturated heterocycles. The van der Waals surface area contributed by atoms with Crippen LogP contribution in [0.5, 0.6) is 0 Å². The van der Waals surface area contributed by atoms with Crippen LogP contribution in [0.2, 0.25) is 0 Å². The zero-order chi connectivity index (χ0) is 13.2. The van der Waals surface area contributed by atoms with Crippen LogP contribution in [-0.4, -0.2) is 31.3 Å². The molecular formula is C12H16N6O. The summed E-state index contributed by atoms with van der Waals surface area (Å²) in [6.45, 7) is 0.657. The first-order chi connectivity index (χ1) is 9.20. The Morgan fingerprint density at radius 3 is 3.05 bits per heavy atom. The van der Waals surface area contributed by atoms with Gasteiger partial charge in [-0.25, -0.2) is 9.97 Å². The van der Waals surface area contributed by atoms with E-state index < -0.39 is 0 Å². The number of anilines is 1. The lowest BCUT2D eigenvalue weighted by Gasteiger charge is -2.05. The minimum absolute atomic E-state index is 0.102. The fourth-order valence-electron chi connectivity index (χ4n) is 1.92. The summed E-state index contributed by atoms with van der Waals surface area (Å²) in [5.74, 6) is 2.64. The fourth-order valence-corrected chi connectivity index (χ4v) is 1.92. The van der Waals surface area contributed by atoms with Crippen LogP contribution in [0.25, 0.3) is 0 Å². The summed E-state index contributed by atoms with van der Waals surface area (Å²) in [4.78, 5) is 22.9. The molecule has 7 heteroatoms. The number of hydrogen-bond donors (Lipinski definition) is 2. The SMILES string of the molecule is Cn1cnc(CCNc2cc(=O)[nH]c(C3CC3)n2)n1. The molecule has 100 valence electrons. The van der Waals surface area contributed by atoms with Gasteiger partial charge in [0.15, 0.2) is 5.82 Å². The monoisotopic (exact) mass is 260 g/mol. The van der Waals surface area contributed by atoms with E-state index in [0.29, 0.717) is 24.7 Å². The topological polar surface area (TPSA) is 88.5 Å². The third-order valence-corrected chi connectivity index (χ3v) is 3.03. The molecule has 0 bridgehead atoms. The molecule has 2 aromatic rings. The van der Waals surface area contributed by atoms with Gasteiger partial charge in [0, 0.05) is 32.0 Å². The van der Waals surface area contributed by atoms with Crippen LogP contribution in [0.1, 0.15) is 30.4 Å². The summed E-state index contributed by atoms with van der Waals surface area (Å²) in [5.41, 5.74) is -0.102. The van der Waals surface area contributed by atoms with Crippen molar-refractivity contribution in [3.63, 3.8) is 0 Å². The minimum Gasteiger partial charge on any atom is -0.369 e. The van der Waals surface area contributed by atoms with Gasteiger partial charge in [-0.05, 0) is 12.8 Å². The second kappa shape index (κ2) is 4.83. The highest BCUT2D eigenvalue weighted by atomic mass is 16.1. The quantitative estimate of drug-likeness (QED) is 0.814. The Morgan fingerprint density at radius 2 is 2.37 bits per heavy atom. The maximum atomic E-state index is 11.5. The fraction of sp³-hybridized carbons (Fsp3) is 0.500. The van der Waals surface area contributed by atoms with E-state index in [-0.39, 0.29) is 5.56 Å². The molecule has 0 spiro atoms. The van der Waals surface area contributed by atoms with Crippen molar-refractivity contribution in [3.8, 4) is 0 Å². The summed E-state index contributed by atoms with van der Waals surface area (Å²) in [6.07, 6.45) is 4.61. The maximum absolute atomic E-state index is 11.5. The Balaban J connectivity index is 1.61. The number of nitrogens with zero attached hydrogens (tertiary/aromatic N) is 4. The van der Waals surface area contributed by atoms with Crippen molar-refractivity contribution >= 4 is 5.82 Å². The van der Waals surface area contributed by atoms with Gasteiger partial charge in [0.05, 0.1) is 0 Å². The molecule has 1 aliphatic carbocycles. The maximum Gasteiger partial charge on any atom is 0.252 e. The van der Waals surface area contributed by atoms with E-state index in [1.165, 1.54) is 6.07 Å². The van der Waals surface area contributed by atoms with Crippen molar-refractivity contribution < 1.29 is 0 Å². The molecule has 0 amide bonds. The highest BCUT2D eigenvalue weighted by molar-refractivity contribution is 5.34. The van der Waals surface area contributed by atoms with Crippen LogP contribution in [-0.2, 0) is 13.5 Å². The van der Waals surface area contributed by atoms with Crippen molar-refractivity contribution in [3.05, 3.63) is 34.4 Å². The van der Waals surface area contributed by atoms with Crippen LogP contribution in [0.4, 0.5) is 5.82 Å². The average molecular weight is 260 g/mol. The third-order valence-electron chi connectivity index (χ3n) is 3.03. The van der Waals surface area contributed by atoms with Crippen molar-refractivity contribution in [2.45, 2.75) is 25.2 Å². The molecule has 7 nitrogen and oxygen atoms in total. The molecule has 0 atom stereocenters.